The van der Waals surface area contributed by atoms with Gasteiger partial charge in [-0.2, -0.15) is 0 Å². The lowest BCUT2D eigenvalue weighted by molar-refractivity contribution is -0.139. The van der Waals surface area contributed by atoms with Crippen LogP contribution in [-0.2, 0) is 9.59 Å². The zero-order valence-corrected chi connectivity index (χ0v) is 22.5. The molecule has 1 saturated heterocycles. The molecule has 0 aromatic rings. The highest BCUT2D eigenvalue weighted by atomic mass is 16.4. The van der Waals surface area contributed by atoms with Crippen molar-refractivity contribution in [2.75, 3.05) is 26.2 Å². The van der Waals surface area contributed by atoms with Gasteiger partial charge < -0.3 is 36.4 Å². The van der Waals surface area contributed by atoms with Gasteiger partial charge in [0.1, 0.15) is 18.7 Å². The van der Waals surface area contributed by atoms with Crippen molar-refractivity contribution in [3.05, 3.63) is 0 Å². The summed E-state index contributed by atoms with van der Waals surface area (Å²) in [5.41, 5.74) is 5.76. The number of nitrogens with zero attached hydrogens (tertiary/aromatic N) is 1. The molecule has 0 bridgehead atoms. The number of aliphatic carboxylic acids is 1. The number of nitrogens with two attached hydrogens (primary N) is 1. The van der Waals surface area contributed by atoms with Gasteiger partial charge in [-0.05, 0) is 64.0 Å². The van der Waals surface area contributed by atoms with Crippen molar-refractivity contribution < 1.29 is 30.0 Å². The SMILES string of the molecule is CCN(CC(O)NC(CC(=O)O)C(O)NC(CC1CCCCC1)C(N)O)C(=O)CCCC1CCNCC1. The fraction of sp³-hybridized carbons (Fsp3) is 0.923. The van der Waals surface area contributed by atoms with Gasteiger partial charge in [0, 0.05) is 19.0 Å². The fourth-order valence-electron chi connectivity index (χ4n) is 5.66. The molecule has 5 atom stereocenters. The normalized spacial score (nSPS) is 21.6. The van der Waals surface area contributed by atoms with Crippen LogP contribution in [0.4, 0.5) is 0 Å². The van der Waals surface area contributed by atoms with Crippen molar-refractivity contribution in [2.24, 2.45) is 17.6 Å². The van der Waals surface area contributed by atoms with Crippen molar-refractivity contribution in [2.45, 2.75) is 115 Å². The van der Waals surface area contributed by atoms with E-state index in [0.29, 0.717) is 31.2 Å². The van der Waals surface area contributed by atoms with Crippen LogP contribution in [0.3, 0.4) is 0 Å². The third-order valence-electron chi connectivity index (χ3n) is 7.88. The molecule has 0 aromatic carbocycles. The van der Waals surface area contributed by atoms with E-state index in [1.54, 1.807) is 4.90 Å². The largest absolute Gasteiger partial charge is 0.481 e. The monoisotopic (exact) mass is 529 g/mol. The summed E-state index contributed by atoms with van der Waals surface area (Å²) in [5.74, 6) is -0.170. The first-order valence-electron chi connectivity index (χ1n) is 14.2. The second-order valence-electron chi connectivity index (χ2n) is 10.9. The van der Waals surface area contributed by atoms with Gasteiger partial charge in [-0.25, -0.2) is 0 Å². The summed E-state index contributed by atoms with van der Waals surface area (Å²) in [6.45, 7) is 4.29. The number of hydrogen-bond donors (Lipinski definition) is 8. The van der Waals surface area contributed by atoms with Crippen LogP contribution in [0.15, 0.2) is 0 Å². The van der Waals surface area contributed by atoms with Gasteiger partial charge in [-0.3, -0.25) is 20.2 Å². The number of carboxylic acids is 1. The summed E-state index contributed by atoms with van der Waals surface area (Å²) in [4.78, 5) is 25.7. The molecular formula is C26H51N5O6. The summed E-state index contributed by atoms with van der Waals surface area (Å²) in [7, 11) is 0. The molecule has 2 fully saturated rings. The lowest BCUT2D eigenvalue weighted by Crippen LogP contribution is -2.59. The van der Waals surface area contributed by atoms with Gasteiger partial charge >= 0.3 is 5.97 Å². The second kappa shape index (κ2) is 17.3. The number of rotatable bonds is 17. The molecule has 1 saturated carbocycles. The minimum Gasteiger partial charge on any atom is -0.481 e. The number of carbonyl (C=O) groups excluding carboxylic acids is 1. The summed E-state index contributed by atoms with van der Waals surface area (Å²) < 4.78 is 0. The van der Waals surface area contributed by atoms with Gasteiger partial charge in [0.2, 0.25) is 5.91 Å². The minimum atomic E-state index is -1.37. The molecule has 1 amide bonds. The van der Waals surface area contributed by atoms with E-state index in [1.165, 1.54) is 6.42 Å². The Bertz CT molecular complexity index is 657. The molecular weight excluding hydrogens is 478 g/mol. The van der Waals surface area contributed by atoms with Gasteiger partial charge in [0.05, 0.1) is 19.0 Å². The Morgan fingerprint density at radius 1 is 1.00 bits per heavy atom. The van der Waals surface area contributed by atoms with Crippen LogP contribution in [0, 0.1) is 11.8 Å². The first-order valence-corrected chi connectivity index (χ1v) is 14.2. The molecule has 5 unspecified atom stereocenters. The number of aliphatic hydroxyl groups is 3. The van der Waals surface area contributed by atoms with Crippen LogP contribution in [0.2, 0.25) is 0 Å². The molecule has 0 radical (unpaired) electrons. The van der Waals surface area contributed by atoms with E-state index in [0.717, 1.165) is 64.5 Å². The Labute approximate surface area is 221 Å². The van der Waals surface area contributed by atoms with Crippen molar-refractivity contribution in [1.29, 1.82) is 0 Å². The molecule has 1 aliphatic heterocycles. The Balaban J connectivity index is 1.86. The van der Waals surface area contributed by atoms with E-state index in [-0.39, 0.29) is 12.5 Å². The van der Waals surface area contributed by atoms with E-state index in [9.17, 15) is 30.0 Å². The van der Waals surface area contributed by atoms with Gasteiger partial charge in [-0.15, -0.1) is 0 Å². The predicted octanol–water partition coefficient (Wildman–Crippen LogP) is 0.280. The maximum atomic E-state index is 12.7. The van der Waals surface area contributed by atoms with Crippen LogP contribution in [0.1, 0.15) is 84.0 Å². The molecule has 1 heterocycles. The minimum absolute atomic E-state index is 0.0173. The summed E-state index contributed by atoms with van der Waals surface area (Å²) in [6, 6.07) is -1.66. The number of nitrogens with one attached hydrogen (secondary N) is 3. The van der Waals surface area contributed by atoms with Crippen molar-refractivity contribution in [1.82, 2.24) is 20.9 Å². The second-order valence-corrected chi connectivity index (χ2v) is 10.9. The lowest BCUT2D eigenvalue weighted by atomic mass is 9.84. The molecule has 0 spiro atoms. The molecule has 1 aliphatic carbocycles. The zero-order valence-electron chi connectivity index (χ0n) is 22.5. The first-order chi connectivity index (χ1) is 17.7. The topological polar surface area (TPSA) is 180 Å². The third kappa shape index (κ3) is 12.4. The number of carboxylic acid groups (broad SMARTS) is 1. The van der Waals surface area contributed by atoms with Crippen LogP contribution in [-0.4, -0.2) is 94.1 Å². The van der Waals surface area contributed by atoms with Crippen LogP contribution < -0.4 is 21.7 Å². The predicted molar refractivity (Wildman–Crippen MR) is 141 cm³/mol. The molecule has 216 valence electrons. The average Bonchev–Trinajstić information content (AvgIpc) is 2.87. The zero-order chi connectivity index (χ0) is 27.2. The maximum absolute atomic E-state index is 12.7. The molecule has 0 aromatic heterocycles. The maximum Gasteiger partial charge on any atom is 0.305 e. The summed E-state index contributed by atoms with van der Waals surface area (Å²) in [5, 5.41) is 49.9. The Kier molecular flexibility index (Phi) is 14.9. The highest BCUT2D eigenvalue weighted by Gasteiger charge is 2.30. The van der Waals surface area contributed by atoms with Crippen LogP contribution in [0.5, 0.6) is 0 Å². The molecule has 11 nitrogen and oxygen atoms in total. The number of aliphatic hydroxyl groups excluding tert-OH is 3. The van der Waals surface area contributed by atoms with Gasteiger partial charge in [0.15, 0.2) is 0 Å². The fourth-order valence-corrected chi connectivity index (χ4v) is 5.66. The van der Waals surface area contributed by atoms with Gasteiger partial charge in [-0.1, -0.05) is 32.1 Å². The molecule has 2 rings (SSSR count). The summed E-state index contributed by atoms with van der Waals surface area (Å²) >= 11 is 0. The quantitative estimate of drug-likeness (QED) is 0.122. The lowest BCUT2D eigenvalue weighted by Gasteiger charge is -2.34. The highest BCUT2D eigenvalue weighted by molar-refractivity contribution is 5.76. The molecule has 11 heteroatoms. The van der Waals surface area contributed by atoms with Gasteiger partial charge in [0.25, 0.3) is 0 Å². The number of amides is 1. The van der Waals surface area contributed by atoms with Crippen molar-refractivity contribution >= 4 is 11.9 Å². The first kappa shape index (κ1) is 31.9. The Morgan fingerprint density at radius 3 is 2.27 bits per heavy atom. The average molecular weight is 530 g/mol. The van der Waals surface area contributed by atoms with E-state index in [4.69, 9.17) is 5.73 Å². The van der Waals surface area contributed by atoms with Crippen molar-refractivity contribution in [3.63, 3.8) is 0 Å². The molecule has 2 aliphatic rings. The Morgan fingerprint density at radius 2 is 1.68 bits per heavy atom. The highest BCUT2D eigenvalue weighted by Crippen LogP contribution is 2.28. The number of likely N-dealkylation sites (N-methyl/N-ethyl adjacent to an activating group) is 1. The number of hydrogen-bond acceptors (Lipinski definition) is 9. The molecule has 9 N–H and O–H groups in total. The molecule has 37 heavy (non-hydrogen) atoms. The Hall–Kier alpha value is -1.34. The third-order valence-corrected chi connectivity index (χ3v) is 7.88. The smallest absolute Gasteiger partial charge is 0.305 e. The van der Waals surface area contributed by atoms with Crippen LogP contribution in [0.25, 0.3) is 0 Å². The standard InChI is InChI=1S/C26H51N5O6/c1-2-31(23(33)10-6-9-18-11-13-28-14-12-18)17-22(32)29-21(16-24(34)35)26(37)30-20(25(27)36)15-19-7-4-3-5-8-19/h18-22,25-26,28-30,32,36-37H,2-17,27H2,1H3,(H,34,35). The van der Waals surface area contributed by atoms with Crippen molar-refractivity contribution in [3.8, 4) is 0 Å². The number of carbonyl (C=O) groups is 2. The van der Waals surface area contributed by atoms with E-state index in [2.05, 4.69) is 16.0 Å². The van der Waals surface area contributed by atoms with E-state index < -0.39 is 43.2 Å². The van der Waals surface area contributed by atoms with Crippen LogP contribution >= 0.6 is 0 Å². The van der Waals surface area contributed by atoms with E-state index >= 15 is 0 Å². The summed E-state index contributed by atoms with van der Waals surface area (Å²) in [6.07, 6.45) is 6.32. The number of piperidine rings is 1. The van der Waals surface area contributed by atoms with E-state index in [1.807, 2.05) is 6.92 Å².